The van der Waals surface area contributed by atoms with Crippen LogP contribution in [0.4, 0.5) is 0 Å². The lowest BCUT2D eigenvalue weighted by Crippen LogP contribution is -2.13. The average Bonchev–Trinajstić information content (AvgIpc) is 3.14. The van der Waals surface area contributed by atoms with Crippen LogP contribution in [0, 0.1) is 0 Å². The van der Waals surface area contributed by atoms with Crippen LogP contribution in [0.15, 0.2) is 42.7 Å². The number of methoxy groups -OCH3 is 2. The van der Waals surface area contributed by atoms with E-state index in [0.29, 0.717) is 6.61 Å². The second-order valence-corrected chi connectivity index (χ2v) is 6.08. The first-order valence-corrected chi connectivity index (χ1v) is 8.68. The molecule has 0 saturated carbocycles. The molecule has 134 valence electrons. The van der Waals surface area contributed by atoms with E-state index in [1.54, 1.807) is 20.4 Å². The van der Waals surface area contributed by atoms with Gasteiger partial charge in [0.15, 0.2) is 17.8 Å². The summed E-state index contributed by atoms with van der Waals surface area (Å²) in [6.45, 7) is 0.693. The van der Waals surface area contributed by atoms with Crippen molar-refractivity contribution >= 4 is 0 Å². The third kappa shape index (κ3) is 4.71. The monoisotopic (exact) mass is 343 g/mol. The van der Waals surface area contributed by atoms with Gasteiger partial charge in [-0.1, -0.05) is 12.1 Å². The molecule has 3 rings (SSSR count). The molecule has 5 heteroatoms. The van der Waals surface area contributed by atoms with E-state index in [1.165, 1.54) is 5.56 Å². The zero-order valence-corrected chi connectivity index (χ0v) is 14.8. The molecule has 1 aromatic carbocycles. The number of nitrogens with zero attached hydrogens (tertiary/aromatic N) is 1. The van der Waals surface area contributed by atoms with Crippen LogP contribution in [-0.2, 0) is 15.9 Å². The van der Waals surface area contributed by atoms with E-state index < -0.39 is 0 Å². The Labute approximate surface area is 148 Å². The van der Waals surface area contributed by atoms with E-state index in [1.807, 2.05) is 30.5 Å². The Hall–Kier alpha value is -2.11. The quantitative estimate of drug-likeness (QED) is 0.680. The molecule has 2 atom stereocenters. The normalized spacial score (nSPS) is 19.8. The van der Waals surface area contributed by atoms with Crippen LogP contribution in [0.3, 0.4) is 0 Å². The van der Waals surface area contributed by atoms with Gasteiger partial charge in [-0.2, -0.15) is 0 Å². The van der Waals surface area contributed by atoms with Crippen LogP contribution >= 0.6 is 0 Å². The minimum absolute atomic E-state index is 0.0446. The molecule has 25 heavy (non-hydrogen) atoms. The molecule has 2 aromatic rings. The van der Waals surface area contributed by atoms with Gasteiger partial charge >= 0.3 is 0 Å². The molecule has 0 amide bonds. The number of benzene rings is 1. The molecule has 2 heterocycles. The van der Waals surface area contributed by atoms with Crippen molar-refractivity contribution < 1.29 is 18.9 Å². The molecule has 1 saturated heterocycles. The first-order valence-electron chi connectivity index (χ1n) is 8.68. The Morgan fingerprint density at radius 1 is 1.12 bits per heavy atom. The third-order valence-corrected chi connectivity index (χ3v) is 4.40. The number of hydrogen-bond donors (Lipinski definition) is 0. The average molecular weight is 343 g/mol. The van der Waals surface area contributed by atoms with Gasteiger partial charge in [0.25, 0.3) is 0 Å². The largest absolute Gasteiger partial charge is 0.493 e. The summed E-state index contributed by atoms with van der Waals surface area (Å²) in [7, 11) is 3.28. The molecule has 5 nitrogen and oxygen atoms in total. The van der Waals surface area contributed by atoms with Crippen LogP contribution in [0.25, 0.3) is 0 Å². The standard InChI is InChI=1S/C20H25NO4/c1-22-18-8-7-16(13-19(18)23-2)17-9-10-20(25-17)24-12-4-6-15-5-3-11-21-14-15/h3,5,7-8,11,13-14,17,20H,4,6,9-10,12H2,1-2H3/t17-,20+/m0/s1. The van der Waals surface area contributed by atoms with Crippen molar-refractivity contribution in [1.29, 1.82) is 0 Å². The van der Waals surface area contributed by atoms with Crippen molar-refractivity contribution in [2.45, 2.75) is 38.1 Å². The van der Waals surface area contributed by atoms with Crippen LogP contribution in [0.1, 0.15) is 36.5 Å². The number of hydrogen-bond acceptors (Lipinski definition) is 5. The summed E-state index contributed by atoms with van der Waals surface area (Å²) in [5, 5.41) is 0. The predicted molar refractivity (Wildman–Crippen MR) is 94.9 cm³/mol. The van der Waals surface area contributed by atoms with E-state index in [2.05, 4.69) is 11.1 Å². The Bertz CT molecular complexity index is 662. The Balaban J connectivity index is 1.45. The molecular weight excluding hydrogens is 318 g/mol. The highest BCUT2D eigenvalue weighted by atomic mass is 16.7. The SMILES string of the molecule is COc1ccc([C@@H]2CC[C@H](OCCCc3cccnc3)O2)cc1OC. The fourth-order valence-electron chi connectivity index (χ4n) is 3.06. The molecule has 0 unspecified atom stereocenters. The molecule has 0 bridgehead atoms. The van der Waals surface area contributed by atoms with Crippen LogP contribution in [0.2, 0.25) is 0 Å². The zero-order chi connectivity index (χ0) is 17.5. The lowest BCUT2D eigenvalue weighted by Gasteiger charge is -2.16. The second-order valence-electron chi connectivity index (χ2n) is 6.08. The summed E-state index contributed by atoms with van der Waals surface area (Å²) in [5.41, 5.74) is 2.33. The van der Waals surface area contributed by atoms with Gasteiger partial charge in [0.1, 0.15) is 0 Å². The maximum atomic E-state index is 6.04. The molecule has 1 aromatic heterocycles. The Morgan fingerprint density at radius 2 is 2.00 bits per heavy atom. The maximum Gasteiger partial charge on any atom is 0.161 e. The van der Waals surface area contributed by atoms with Crippen LogP contribution < -0.4 is 9.47 Å². The van der Waals surface area contributed by atoms with Crippen LogP contribution in [0.5, 0.6) is 11.5 Å². The van der Waals surface area contributed by atoms with Gasteiger partial charge in [0.2, 0.25) is 0 Å². The number of pyridine rings is 1. The Kier molecular flexibility index (Phi) is 6.25. The summed E-state index contributed by atoms with van der Waals surface area (Å²) in [4.78, 5) is 4.13. The topological polar surface area (TPSA) is 49.8 Å². The van der Waals surface area contributed by atoms with Crippen molar-refractivity contribution in [2.24, 2.45) is 0 Å². The summed E-state index contributed by atoms with van der Waals surface area (Å²) in [5.74, 6) is 1.46. The van der Waals surface area contributed by atoms with Crippen molar-refractivity contribution in [3.05, 3.63) is 53.9 Å². The summed E-state index contributed by atoms with van der Waals surface area (Å²) < 4.78 is 22.6. The third-order valence-electron chi connectivity index (χ3n) is 4.40. The highest BCUT2D eigenvalue weighted by Gasteiger charge is 2.27. The van der Waals surface area contributed by atoms with Gasteiger partial charge in [-0.15, -0.1) is 0 Å². The fourth-order valence-corrected chi connectivity index (χ4v) is 3.06. The van der Waals surface area contributed by atoms with E-state index in [9.17, 15) is 0 Å². The van der Waals surface area contributed by atoms with Gasteiger partial charge in [-0.05, 0) is 48.6 Å². The van der Waals surface area contributed by atoms with Crippen molar-refractivity contribution in [2.75, 3.05) is 20.8 Å². The van der Waals surface area contributed by atoms with Crippen molar-refractivity contribution in [1.82, 2.24) is 4.98 Å². The van der Waals surface area contributed by atoms with E-state index >= 15 is 0 Å². The minimum atomic E-state index is -0.132. The molecule has 1 aliphatic heterocycles. The first kappa shape index (κ1) is 17.7. The summed E-state index contributed by atoms with van der Waals surface area (Å²) in [6.07, 6.45) is 7.40. The van der Waals surface area contributed by atoms with Gasteiger partial charge < -0.3 is 18.9 Å². The van der Waals surface area contributed by atoms with Crippen LogP contribution in [-0.4, -0.2) is 32.1 Å². The molecule has 0 spiro atoms. The lowest BCUT2D eigenvalue weighted by atomic mass is 10.1. The highest BCUT2D eigenvalue weighted by molar-refractivity contribution is 5.43. The molecule has 0 N–H and O–H groups in total. The van der Waals surface area contributed by atoms with Crippen molar-refractivity contribution in [3.63, 3.8) is 0 Å². The smallest absolute Gasteiger partial charge is 0.161 e. The number of ether oxygens (including phenoxy) is 4. The molecule has 1 aliphatic rings. The van der Waals surface area contributed by atoms with Gasteiger partial charge in [-0.3, -0.25) is 4.98 Å². The predicted octanol–water partition coefficient (Wildman–Crippen LogP) is 3.93. The maximum absolute atomic E-state index is 6.04. The van der Waals surface area contributed by atoms with Gasteiger partial charge in [-0.25, -0.2) is 0 Å². The van der Waals surface area contributed by atoms with E-state index in [-0.39, 0.29) is 12.4 Å². The van der Waals surface area contributed by atoms with Gasteiger partial charge in [0, 0.05) is 18.8 Å². The minimum Gasteiger partial charge on any atom is -0.493 e. The molecule has 0 aliphatic carbocycles. The second kappa shape index (κ2) is 8.83. The first-order chi connectivity index (χ1) is 12.3. The zero-order valence-electron chi connectivity index (χ0n) is 14.8. The fraction of sp³-hybridized carbons (Fsp3) is 0.450. The molecule has 1 fully saturated rings. The number of rotatable bonds is 8. The molecular formula is C20H25NO4. The highest BCUT2D eigenvalue weighted by Crippen LogP contribution is 2.37. The summed E-state index contributed by atoms with van der Waals surface area (Å²) in [6, 6.07) is 9.97. The van der Waals surface area contributed by atoms with E-state index in [4.69, 9.17) is 18.9 Å². The van der Waals surface area contributed by atoms with Crippen molar-refractivity contribution in [3.8, 4) is 11.5 Å². The number of aryl methyl sites for hydroxylation is 1. The summed E-state index contributed by atoms with van der Waals surface area (Å²) >= 11 is 0. The Morgan fingerprint density at radius 3 is 2.76 bits per heavy atom. The van der Waals surface area contributed by atoms with Gasteiger partial charge in [0.05, 0.1) is 26.9 Å². The lowest BCUT2D eigenvalue weighted by molar-refractivity contribution is -0.135. The van der Waals surface area contributed by atoms with E-state index in [0.717, 1.165) is 42.7 Å². The number of aromatic nitrogens is 1. The molecule has 0 radical (unpaired) electrons.